The Morgan fingerprint density at radius 2 is 1.75 bits per heavy atom. The van der Waals surface area contributed by atoms with E-state index in [-0.39, 0.29) is 0 Å². The number of halogens is 1. The van der Waals surface area contributed by atoms with Gasteiger partial charge in [-0.05, 0) is 24.3 Å². The van der Waals surface area contributed by atoms with Gasteiger partial charge in [-0.15, -0.1) is 0 Å². The Morgan fingerprint density at radius 1 is 1.42 bits per heavy atom. The first kappa shape index (κ1) is 10.8. The van der Waals surface area contributed by atoms with Crippen molar-refractivity contribution in [3.8, 4) is 0 Å². The van der Waals surface area contributed by atoms with Crippen molar-refractivity contribution in [3.05, 3.63) is 29.3 Å². The Hall–Kier alpha value is -1.22. The molecule has 0 aliphatic carbocycles. The molecule has 0 unspecified atom stereocenters. The van der Waals surface area contributed by atoms with Crippen LogP contribution in [0.15, 0.2) is 24.3 Å². The van der Waals surface area contributed by atoms with E-state index >= 15 is 0 Å². The Balaban J connectivity index is 0.000000261. The van der Waals surface area contributed by atoms with Gasteiger partial charge in [0.05, 0.1) is 0 Å². The highest BCUT2D eigenvalue weighted by molar-refractivity contribution is 6.30. The van der Waals surface area contributed by atoms with Crippen LogP contribution in [0.4, 0.5) is 5.69 Å². The number of carboxylic acid groups (broad SMARTS) is 1. The summed E-state index contributed by atoms with van der Waals surface area (Å²) < 4.78 is 0. The summed E-state index contributed by atoms with van der Waals surface area (Å²) in [5, 5.41) is 8.14. The molecule has 4 heteroatoms. The molecule has 0 spiro atoms. The number of benzene rings is 1. The largest absolute Gasteiger partial charge is 0.481 e. The fraction of sp³-hybridized carbons (Fsp3) is 0.125. The zero-order chi connectivity index (χ0) is 9.56. The number of nitrogen functional groups attached to an aromatic ring is 1. The normalized spacial score (nSPS) is 8.17. The van der Waals surface area contributed by atoms with Crippen LogP contribution in [0.5, 0.6) is 0 Å². The van der Waals surface area contributed by atoms with Gasteiger partial charge < -0.3 is 10.8 Å². The lowest BCUT2D eigenvalue weighted by atomic mass is 10.3. The van der Waals surface area contributed by atoms with Crippen molar-refractivity contribution in [1.29, 1.82) is 0 Å². The van der Waals surface area contributed by atoms with E-state index in [9.17, 15) is 0 Å². The highest BCUT2D eigenvalue weighted by atomic mass is 35.5. The first-order valence-electron chi connectivity index (χ1n) is 3.23. The third-order valence-corrected chi connectivity index (χ3v) is 1.12. The van der Waals surface area contributed by atoms with E-state index in [4.69, 9.17) is 27.2 Å². The number of rotatable bonds is 0. The average Bonchev–Trinajstić information content (AvgIpc) is 1.94. The molecule has 0 aromatic heterocycles. The van der Waals surface area contributed by atoms with Gasteiger partial charge in [0.25, 0.3) is 5.97 Å². The van der Waals surface area contributed by atoms with Gasteiger partial charge in [-0.2, -0.15) is 0 Å². The van der Waals surface area contributed by atoms with Gasteiger partial charge in [0.1, 0.15) is 0 Å². The standard InChI is InChI=1S/C6H6ClN.C2H4O2/c7-5-1-3-6(8)4-2-5;1-2(3)4/h1-4H,8H2;1H3,(H,3,4). The van der Waals surface area contributed by atoms with Gasteiger partial charge in [0, 0.05) is 17.6 Å². The van der Waals surface area contributed by atoms with Gasteiger partial charge in [-0.1, -0.05) is 11.6 Å². The number of hydrogen-bond donors (Lipinski definition) is 2. The third kappa shape index (κ3) is 6.89. The van der Waals surface area contributed by atoms with Gasteiger partial charge in [0.2, 0.25) is 0 Å². The maximum absolute atomic E-state index is 9.00. The summed E-state index contributed by atoms with van der Waals surface area (Å²) in [5.74, 6) is -0.833. The van der Waals surface area contributed by atoms with Crippen molar-refractivity contribution >= 4 is 23.3 Å². The molecule has 1 rings (SSSR count). The molecule has 0 saturated heterocycles. The first-order valence-corrected chi connectivity index (χ1v) is 3.60. The smallest absolute Gasteiger partial charge is 0.300 e. The molecule has 3 N–H and O–H groups in total. The highest BCUT2D eigenvalue weighted by Crippen LogP contribution is 2.09. The lowest BCUT2D eigenvalue weighted by Gasteiger charge is -1.88. The second-order valence-corrected chi connectivity index (χ2v) is 2.51. The minimum absolute atomic E-state index is 0.721. The molecule has 0 amide bonds. The summed E-state index contributed by atoms with van der Waals surface area (Å²) in [6.07, 6.45) is 0. The molecule has 66 valence electrons. The maximum Gasteiger partial charge on any atom is 0.300 e. The topological polar surface area (TPSA) is 63.3 Å². The summed E-state index contributed by atoms with van der Waals surface area (Å²) >= 11 is 5.56. The lowest BCUT2D eigenvalue weighted by molar-refractivity contribution is -0.134. The van der Waals surface area contributed by atoms with Crippen molar-refractivity contribution in [2.45, 2.75) is 6.92 Å². The third-order valence-electron chi connectivity index (χ3n) is 0.870. The molecule has 0 aliphatic heterocycles. The quantitative estimate of drug-likeness (QED) is 0.611. The molecule has 0 atom stereocenters. The minimum atomic E-state index is -0.833. The van der Waals surface area contributed by atoms with Crippen molar-refractivity contribution in [3.63, 3.8) is 0 Å². The van der Waals surface area contributed by atoms with Crippen LogP contribution in [0, 0.1) is 0 Å². The van der Waals surface area contributed by atoms with Crippen molar-refractivity contribution in [2.75, 3.05) is 5.73 Å². The lowest BCUT2D eigenvalue weighted by Crippen LogP contribution is -1.80. The zero-order valence-corrected chi connectivity index (χ0v) is 7.38. The predicted octanol–water partition coefficient (Wildman–Crippen LogP) is 2.01. The van der Waals surface area contributed by atoms with Crippen LogP contribution in [-0.2, 0) is 4.79 Å². The monoisotopic (exact) mass is 187 g/mol. The Bertz CT molecular complexity index is 221. The highest BCUT2D eigenvalue weighted by Gasteiger charge is 1.82. The zero-order valence-electron chi connectivity index (χ0n) is 6.62. The molecule has 3 nitrogen and oxygen atoms in total. The van der Waals surface area contributed by atoms with E-state index in [1.165, 1.54) is 0 Å². The van der Waals surface area contributed by atoms with Crippen LogP contribution >= 0.6 is 11.6 Å². The van der Waals surface area contributed by atoms with Gasteiger partial charge in [0.15, 0.2) is 0 Å². The number of anilines is 1. The molecule has 0 heterocycles. The van der Waals surface area contributed by atoms with Crippen LogP contribution in [-0.4, -0.2) is 11.1 Å². The van der Waals surface area contributed by atoms with Crippen LogP contribution in [0.25, 0.3) is 0 Å². The Kier molecular flexibility index (Phi) is 4.88. The molecule has 0 bridgehead atoms. The van der Waals surface area contributed by atoms with E-state index in [1.54, 1.807) is 24.3 Å². The van der Waals surface area contributed by atoms with E-state index in [1.807, 2.05) is 0 Å². The predicted molar refractivity (Wildman–Crippen MR) is 49.2 cm³/mol. The van der Waals surface area contributed by atoms with Gasteiger partial charge in [-0.25, -0.2) is 0 Å². The van der Waals surface area contributed by atoms with E-state index < -0.39 is 5.97 Å². The van der Waals surface area contributed by atoms with E-state index in [0.717, 1.165) is 17.6 Å². The fourth-order valence-electron chi connectivity index (χ4n) is 0.463. The average molecular weight is 188 g/mol. The second kappa shape index (κ2) is 5.43. The maximum atomic E-state index is 9.00. The number of carboxylic acids is 1. The number of nitrogens with two attached hydrogens (primary N) is 1. The van der Waals surface area contributed by atoms with E-state index in [0.29, 0.717) is 0 Å². The Morgan fingerprint density at radius 3 is 2.00 bits per heavy atom. The van der Waals surface area contributed by atoms with Crippen molar-refractivity contribution in [2.24, 2.45) is 0 Å². The number of carbonyl (C=O) groups is 1. The second-order valence-electron chi connectivity index (χ2n) is 2.07. The summed E-state index contributed by atoms with van der Waals surface area (Å²) in [7, 11) is 0. The summed E-state index contributed by atoms with van der Waals surface area (Å²) in [6.45, 7) is 1.08. The molecular formula is C8H10ClNO2. The first-order chi connectivity index (χ1) is 5.52. The van der Waals surface area contributed by atoms with Crippen molar-refractivity contribution < 1.29 is 9.90 Å². The molecule has 12 heavy (non-hydrogen) atoms. The van der Waals surface area contributed by atoms with Gasteiger partial charge in [-0.3, -0.25) is 4.79 Å². The van der Waals surface area contributed by atoms with Gasteiger partial charge >= 0.3 is 0 Å². The molecular weight excluding hydrogens is 178 g/mol. The number of hydrogen-bond acceptors (Lipinski definition) is 2. The Labute approximate surface area is 75.8 Å². The van der Waals surface area contributed by atoms with Crippen LogP contribution < -0.4 is 5.73 Å². The molecule has 0 radical (unpaired) electrons. The molecule has 1 aromatic rings. The van der Waals surface area contributed by atoms with Crippen LogP contribution in [0.1, 0.15) is 6.92 Å². The SMILES string of the molecule is CC(=O)O.Nc1ccc(Cl)cc1. The molecule has 0 aliphatic rings. The summed E-state index contributed by atoms with van der Waals surface area (Å²) in [5.41, 5.74) is 6.11. The molecule has 0 fully saturated rings. The van der Waals surface area contributed by atoms with E-state index in [2.05, 4.69) is 0 Å². The fourth-order valence-corrected chi connectivity index (χ4v) is 0.589. The number of aliphatic carboxylic acids is 1. The van der Waals surface area contributed by atoms with Crippen LogP contribution in [0.2, 0.25) is 5.02 Å². The summed E-state index contributed by atoms with van der Waals surface area (Å²) in [6, 6.07) is 7.05. The minimum Gasteiger partial charge on any atom is -0.481 e. The molecule has 1 aromatic carbocycles. The van der Waals surface area contributed by atoms with Crippen LogP contribution in [0.3, 0.4) is 0 Å². The summed E-state index contributed by atoms with van der Waals surface area (Å²) in [4.78, 5) is 9.00. The van der Waals surface area contributed by atoms with Crippen molar-refractivity contribution in [1.82, 2.24) is 0 Å². The molecule has 0 saturated carbocycles.